The van der Waals surface area contributed by atoms with Crippen molar-refractivity contribution >= 4 is 34.2 Å². The van der Waals surface area contributed by atoms with E-state index in [1.165, 1.54) is 24.5 Å². The number of amides is 1. The van der Waals surface area contributed by atoms with Crippen molar-refractivity contribution in [2.24, 2.45) is 5.73 Å². The molecule has 0 atom stereocenters. The fourth-order valence-electron chi connectivity index (χ4n) is 4.32. The number of nitrogens with two attached hydrogens (primary N) is 1. The van der Waals surface area contributed by atoms with Crippen LogP contribution in [0.25, 0.3) is 11.3 Å². The minimum atomic E-state index is -4.71. The highest BCUT2D eigenvalue weighted by atomic mass is 32.1. The van der Waals surface area contributed by atoms with Crippen molar-refractivity contribution in [3.8, 4) is 11.3 Å². The monoisotopic (exact) mass is 608 g/mol. The van der Waals surface area contributed by atoms with Gasteiger partial charge in [-0.15, -0.1) is 0 Å². The molecule has 8 nitrogen and oxygen atoms in total. The summed E-state index contributed by atoms with van der Waals surface area (Å²) < 4.78 is 67.5. The normalized spacial score (nSPS) is 14.0. The summed E-state index contributed by atoms with van der Waals surface area (Å²) in [5.74, 6) is -0.764. The van der Waals surface area contributed by atoms with Gasteiger partial charge < -0.3 is 15.2 Å². The number of hydrogen-bond donors (Lipinski definition) is 1. The Balaban J connectivity index is 1.62. The van der Waals surface area contributed by atoms with Crippen molar-refractivity contribution in [2.45, 2.75) is 76.4 Å². The molecule has 13 heteroatoms. The van der Waals surface area contributed by atoms with Gasteiger partial charge in [-0.2, -0.15) is 17.6 Å². The third-order valence-electron chi connectivity index (χ3n) is 6.91. The van der Waals surface area contributed by atoms with E-state index in [2.05, 4.69) is 16.9 Å². The van der Waals surface area contributed by atoms with Crippen LogP contribution < -0.4 is 10.6 Å². The highest BCUT2D eigenvalue weighted by molar-refractivity contribution is 7.14. The van der Waals surface area contributed by atoms with Crippen molar-refractivity contribution in [3.63, 3.8) is 0 Å². The standard InChI is InChI=1S/C29H32F4N4O4S/c1-2-3-4-5-6-7-9-19-11-12-21(16-22(19)29(31,32)33)37(27(39)41-18-40-25(38)28(34)13-14-28)26-36-23(24(30)42-26)20-10-8-15-35-17-20/h8,10-12,15-17H,2-7,9,13-14,18,34H2,1H3. The molecule has 1 saturated carbocycles. The number of thiazole rings is 1. The topological polar surface area (TPSA) is 108 Å². The molecule has 4 rings (SSSR count). The maximum absolute atomic E-state index is 15.0. The van der Waals surface area contributed by atoms with E-state index in [1.807, 2.05) is 0 Å². The Morgan fingerprint density at radius 1 is 1.10 bits per heavy atom. The predicted molar refractivity (Wildman–Crippen MR) is 150 cm³/mol. The molecular weight excluding hydrogens is 576 g/mol. The average Bonchev–Trinajstić information content (AvgIpc) is 3.61. The molecule has 0 spiro atoms. The number of esters is 1. The van der Waals surface area contributed by atoms with E-state index >= 15 is 4.39 Å². The smallest absolute Gasteiger partial charge is 0.423 e. The van der Waals surface area contributed by atoms with Crippen LogP contribution in [0.4, 0.5) is 33.2 Å². The maximum atomic E-state index is 15.0. The first kappa shape index (κ1) is 31.4. The lowest BCUT2D eigenvalue weighted by molar-refractivity contribution is -0.154. The number of rotatable bonds is 13. The van der Waals surface area contributed by atoms with Crippen LogP contribution in [-0.4, -0.2) is 34.4 Å². The lowest BCUT2D eigenvalue weighted by Gasteiger charge is -2.22. The number of unbranched alkanes of at least 4 members (excludes halogenated alkanes) is 5. The quantitative estimate of drug-likeness (QED) is 0.0925. The van der Waals surface area contributed by atoms with Crippen molar-refractivity contribution in [1.82, 2.24) is 9.97 Å². The highest BCUT2D eigenvalue weighted by Gasteiger charge is 2.47. The number of aromatic nitrogens is 2. The van der Waals surface area contributed by atoms with E-state index < -0.39 is 41.3 Å². The maximum Gasteiger partial charge on any atom is 0.423 e. The molecule has 2 N–H and O–H groups in total. The molecule has 1 aliphatic rings. The first-order valence-corrected chi connectivity index (χ1v) is 14.5. The lowest BCUT2D eigenvalue weighted by atomic mass is 9.99. The van der Waals surface area contributed by atoms with Gasteiger partial charge in [0.1, 0.15) is 11.2 Å². The average molecular weight is 609 g/mol. The Kier molecular flexibility index (Phi) is 10.2. The van der Waals surface area contributed by atoms with E-state index in [-0.39, 0.29) is 28.5 Å². The van der Waals surface area contributed by atoms with Gasteiger partial charge in [-0.1, -0.05) is 56.4 Å². The number of carbonyl (C=O) groups excluding carboxylic acids is 2. The highest BCUT2D eigenvalue weighted by Crippen LogP contribution is 2.40. The summed E-state index contributed by atoms with van der Waals surface area (Å²) in [5.41, 5.74) is 3.74. The Morgan fingerprint density at radius 3 is 2.50 bits per heavy atom. The zero-order valence-electron chi connectivity index (χ0n) is 23.1. The zero-order chi connectivity index (χ0) is 30.3. The van der Waals surface area contributed by atoms with Gasteiger partial charge in [0.2, 0.25) is 17.1 Å². The number of nitrogens with zero attached hydrogens (tertiary/aromatic N) is 3. The van der Waals surface area contributed by atoms with E-state index in [0.717, 1.165) is 43.1 Å². The Labute approximate surface area is 244 Å². The van der Waals surface area contributed by atoms with Gasteiger partial charge in [-0.25, -0.2) is 19.5 Å². The van der Waals surface area contributed by atoms with Gasteiger partial charge in [0, 0.05) is 18.0 Å². The van der Waals surface area contributed by atoms with Crippen LogP contribution in [0, 0.1) is 5.13 Å². The second-order valence-electron chi connectivity index (χ2n) is 10.2. The second kappa shape index (κ2) is 13.6. The fraction of sp³-hybridized carbons (Fsp3) is 0.448. The molecule has 0 radical (unpaired) electrons. The van der Waals surface area contributed by atoms with Gasteiger partial charge in [0.25, 0.3) is 0 Å². The fourth-order valence-corrected chi connectivity index (χ4v) is 5.15. The largest absolute Gasteiger partial charge is 0.426 e. The number of pyridine rings is 1. The SMILES string of the molecule is CCCCCCCCc1ccc(N(C(=O)OCOC(=O)C2(N)CC2)c2nc(-c3cccnc3)c(F)s2)cc1C(F)(F)F. The number of halogens is 4. The molecule has 42 heavy (non-hydrogen) atoms. The van der Waals surface area contributed by atoms with E-state index in [9.17, 15) is 22.8 Å². The van der Waals surface area contributed by atoms with Gasteiger partial charge in [-0.3, -0.25) is 4.98 Å². The molecular formula is C29H32F4N4O4S. The predicted octanol–water partition coefficient (Wildman–Crippen LogP) is 7.53. The molecule has 1 aliphatic carbocycles. The summed E-state index contributed by atoms with van der Waals surface area (Å²) in [6.07, 6.45) is 3.49. The molecule has 0 saturated heterocycles. The van der Waals surface area contributed by atoms with Crippen LogP contribution in [0.5, 0.6) is 0 Å². The minimum Gasteiger partial charge on any atom is -0.426 e. The molecule has 0 aliphatic heterocycles. The van der Waals surface area contributed by atoms with Crippen molar-refractivity contribution in [3.05, 3.63) is 59.0 Å². The lowest BCUT2D eigenvalue weighted by Crippen LogP contribution is -2.36. The van der Waals surface area contributed by atoms with Crippen LogP contribution >= 0.6 is 11.3 Å². The van der Waals surface area contributed by atoms with Crippen LogP contribution in [-0.2, 0) is 26.9 Å². The Hall–Kier alpha value is -3.58. The van der Waals surface area contributed by atoms with E-state index in [0.29, 0.717) is 36.2 Å². The number of carbonyl (C=O) groups is 2. The third kappa shape index (κ3) is 7.82. The van der Waals surface area contributed by atoms with Gasteiger partial charge in [-0.05, 0) is 55.5 Å². The van der Waals surface area contributed by atoms with Gasteiger partial charge in [0.15, 0.2) is 0 Å². The van der Waals surface area contributed by atoms with Gasteiger partial charge in [0.05, 0.1) is 11.3 Å². The summed E-state index contributed by atoms with van der Waals surface area (Å²) in [6, 6.07) is 6.58. The van der Waals surface area contributed by atoms with Crippen LogP contribution in [0.2, 0.25) is 0 Å². The van der Waals surface area contributed by atoms with Crippen LogP contribution in [0.15, 0.2) is 42.7 Å². The van der Waals surface area contributed by atoms with Crippen molar-refractivity contribution < 1.29 is 36.6 Å². The van der Waals surface area contributed by atoms with Crippen molar-refractivity contribution in [2.75, 3.05) is 11.7 Å². The summed E-state index contributed by atoms with van der Waals surface area (Å²) >= 11 is 0.446. The van der Waals surface area contributed by atoms with Gasteiger partial charge >= 0.3 is 18.2 Å². The van der Waals surface area contributed by atoms with Crippen LogP contribution in [0.3, 0.4) is 0 Å². The molecule has 1 aromatic carbocycles. The molecule has 0 bridgehead atoms. The first-order chi connectivity index (χ1) is 20.0. The third-order valence-corrected chi connectivity index (χ3v) is 7.74. The number of ether oxygens (including phenoxy) is 2. The second-order valence-corrected chi connectivity index (χ2v) is 11.1. The Bertz CT molecular complexity index is 1380. The molecule has 226 valence electrons. The number of hydrogen-bond acceptors (Lipinski definition) is 8. The zero-order valence-corrected chi connectivity index (χ0v) is 23.9. The first-order valence-electron chi connectivity index (χ1n) is 13.7. The summed E-state index contributed by atoms with van der Waals surface area (Å²) in [6.45, 7) is 1.25. The molecule has 1 fully saturated rings. The molecule has 0 unspecified atom stereocenters. The molecule has 2 aromatic heterocycles. The summed E-state index contributed by atoms with van der Waals surface area (Å²) in [5, 5.41) is -1.06. The van der Waals surface area contributed by atoms with E-state index in [4.69, 9.17) is 15.2 Å². The Morgan fingerprint density at radius 2 is 1.83 bits per heavy atom. The molecule has 3 aromatic rings. The summed E-state index contributed by atoms with van der Waals surface area (Å²) in [4.78, 5) is 34.1. The number of benzene rings is 1. The number of alkyl halides is 3. The van der Waals surface area contributed by atoms with E-state index in [1.54, 1.807) is 12.1 Å². The summed E-state index contributed by atoms with van der Waals surface area (Å²) in [7, 11) is 0. The van der Waals surface area contributed by atoms with Crippen LogP contribution in [0.1, 0.15) is 69.4 Å². The van der Waals surface area contributed by atoms with Crippen molar-refractivity contribution in [1.29, 1.82) is 0 Å². The minimum absolute atomic E-state index is 0.0861. The molecule has 2 heterocycles. The number of anilines is 2. The molecule has 1 amide bonds. The number of aryl methyl sites for hydroxylation is 1.